The van der Waals surface area contributed by atoms with Crippen molar-refractivity contribution >= 4 is 21.9 Å². The number of esters is 1. The Labute approximate surface area is 96.0 Å². The van der Waals surface area contributed by atoms with Crippen LogP contribution in [0.2, 0.25) is 0 Å². The number of aryl methyl sites for hydroxylation is 1. The van der Waals surface area contributed by atoms with Gasteiger partial charge in [-0.05, 0) is 29.8 Å². The van der Waals surface area contributed by atoms with Crippen LogP contribution in [0.15, 0.2) is 4.60 Å². The summed E-state index contributed by atoms with van der Waals surface area (Å²) in [4.78, 5) is 19.5. The highest BCUT2D eigenvalue weighted by Crippen LogP contribution is 2.19. The van der Waals surface area contributed by atoms with Crippen molar-refractivity contribution in [3.8, 4) is 5.88 Å². The lowest BCUT2D eigenvalue weighted by atomic mass is 10.4. The molecule has 1 heterocycles. The number of methoxy groups -OCH3 is 1. The molecule has 0 fully saturated rings. The van der Waals surface area contributed by atoms with Crippen molar-refractivity contribution in [3.05, 3.63) is 16.0 Å². The van der Waals surface area contributed by atoms with Crippen molar-refractivity contribution in [2.45, 2.75) is 13.8 Å². The summed E-state index contributed by atoms with van der Waals surface area (Å²) in [6.45, 7) is 3.77. The second-order valence-electron chi connectivity index (χ2n) is 2.68. The highest BCUT2D eigenvalue weighted by atomic mass is 79.9. The average molecular weight is 275 g/mol. The fourth-order valence-corrected chi connectivity index (χ4v) is 1.22. The first kappa shape index (κ1) is 11.9. The van der Waals surface area contributed by atoms with Crippen LogP contribution in [0.1, 0.15) is 23.1 Å². The molecule has 82 valence electrons. The first-order valence-electron chi connectivity index (χ1n) is 4.35. The summed E-state index contributed by atoms with van der Waals surface area (Å²) in [7, 11) is 1.43. The fourth-order valence-electron chi connectivity index (χ4n) is 0.953. The molecule has 0 spiro atoms. The van der Waals surface area contributed by atoms with E-state index in [0.29, 0.717) is 10.3 Å². The summed E-state index contributed by atoms with van der Waals surface area (Å²) in [5.74, 6) is -0.364. The zero-order valence-corrected chi connectivity index (χ0v) is 10.3. The van der Waals surface area contributed by atoms with Crippen LogP contribution in [-0.2, 0) is 4.74 Å². The summed E-state index contributed by atoms with van der Waals surface area (Å²) in [6.07, 6.45) is 0. The highest BCUT2D eigenvalue weighted by Gasteiger charge is 2.18. The van der Waals surface area contributed by atoms with E-state index in [9.17, 15) is 4.79 Å². The molecule has 0 N–H and O–H groups in total. The number of carbonyl (C=O) groups excluding carboxylic acids is 1. The Kier molecular flexibility index (Phi) is 4.02. The minimum absolute atomic E-state index is 0.0804. The molecule has 0 aromatic carbocycles. The van der Waals surface area contributed by atoms with Gasteiger partial charge in [-0.25, -0.2) is 14.8 Å². The van der Waals surface area contributed by atoms with Crippen LogP contribution in [-0.4, -0.2) is 29.7 Å². The molecule has 0 unspecified atom stereocenters. The molecule has 0 bridgehead atoms. The lowest BCUT2D eigenvalue weighted by Gasteiger charge is -2.07. The minimum atomic E-state index is -0.539. The average Bonchev–Trinajstić information content (AvgIpc) is 2.21. The minimum Gasteiger partial charge on any atom is -0.479 e. The highest BCUT2D eigenvalue weighted by molar-refractivity contribution is 9.10. The second-order valence-corrected chi connectivity index (χ2v) is 3.43. The third-order valence-electron chi connectivity index (χ3n) is 1.64. The van der Waals surface area contributed by atoms with E-state index in [1.54, 1.807) is 13.8 Å². The number of rotatable bonds is 3. The summed E-state index contributed by atoms with van der Waals surface area (Å²) in [5.41, 5.74) is 0.733. The molecule has 0 atom stereocenters. The molecule has 0 radical (unpaired) electrons. The van der Waals surface area contributed by atoms with Gasteiger partial charge in [-0.15, -0.1) is 0 Å². The largest absolute Gasteiger partial charge is 0.479 e. The van der Waals surface area contributed by atoms with Gasteiger partial charge >= 0.3 is 5.97 Å². The van der Waals surface area contributed by atoms with Crippen LogP contribution in [0.3, 0.4) is 0 Å². The Morgan fingerprint density at radius 2 is 2.13 bits per heavy atom. The molecule has 0 aliphatic carbocycles. The van der Waals surface area contributed by atoms with Gasteiger partial charge in [0.15, 0.2) is 0 Å². The van der Waals surface area contributed by atoms with Crippen molar-refractivity contribution in [1.29, 1.82) is 0 Å². The summed E-state index contributed by atoms with van der Waals surface area (Å²) in [6, 6.07) is 0. The van der Waals surface area contributed by atoms with Crippen molar-refractivity contribution in [3.63, 3.8) is 0 Å². The standard InChI is InChI=1S/C9H11BrN2O3/c1-4-15-9(13)6-8(14-3)11-5(2)7(10)12-6/h4H2,1-3H3. The molecular weight excluding hydrogens is 264 g/mol. The molecule has 5 nitrogen and oxygen atoms in total. The number of halogens is 1. The lowest BCUT2D eigenvalue weighted by molar-refractivity contribution is 0.0514. The maximum Gasteiger partial charge on any atom is 0.362 e. The molecular formula is C9H11BrN2O3. The van der Waals surface area contributed by atoms with Crippen molar-refractivity contribution in [2.24, 2.45) is 0 Å². The van der Waals surface area contributed by atoms with Gasteiger partial charge in [-0.2, -0.15) is 0 Å². The van der Waals surface area contributed by atoms with E-state index >= 15 is 0 Å². The van der Waals surface area contributed by atoms with Gasteiger partial charge < -0.3 is 9.47 Å². The monoisotopic (exact) mass is 274 g/mol. The number of nitrogens with zero attached hydrogens (tertiary/aromatic N) is 2. The van der Waals surface area contributed by atoms with E-state index < -0.39 is 5.97 Å². The number of hydrogen-bond acceptors (Lipinski definition) is 5. The van der Waals surface area contributed by atoms with Crippen LogP contribution < -0.4 is 4.74 Å². The number of carbonyl (C=O) groups is 1. The van der Waals surface area contributed by atoms with Gasteiger partial charge in [0, 0.05) is 0 Å². The zero-order chi connectivity index (χ0) is 11.4. The van der Waals surface area contributed by atoms with Crippen LogP contribution >= 0.6 is 15.9 Å². The molecule has 15 heavy (non-hydrogen) atoms. The Morgan fingerprint density at radius 3 is 2.67 bits per heavy atom. The van der Waals surface area contributed by atoms with Gasteiger partial charge in [0.2, 0.25) is 11.6 Å². The van der Waals surface area contributed by atoms with Crippen molar-refractivity contribution in [1.82, 2.24) is 9.97 Å². The Hall–Kier alpha value is -1.17. The zero-order valence-electron chi connectivity index (χ0n) is 8.70. The van der Waals surface area contributed by atoms with Gasteiger partial charge in [0.1, 0.15) is 4.60 Å². The van der Waals surface area contributed by atoms with E-state index in [-0.39, 0.29) is 18.2 Å². The van der Waals surface area contributed by atoms with Crippen LogP contribution in [0, 0.1) is 6.92 Å². The Bertz CT molecular complexity index is 382. The van der Waals surface area contributed by atoms with E-state index in [1.165, 1.54) is 7.11 Å². The molecule has 0 aliphatic heterocycles. The van der Waals surface area contributed by atoms with Crippen molar-refractivity contribution < 1.29 is 14.3 Å². The number of aromatic nitrogens is 2. The Morgan fingerprint density at radius 1 is 1.47 bits per heavy atom. The van der Waals surface area contributed by atoms with Gasteiger partial charge in [0.25, 0.3) is 0 Å². The molecule has 0 aliphatic rings. The topological polar surface area (TPSA) is 61.3 Å². The number of ether oxygens (including phenoxy) is 2. The maximum atomic E-state index is 11.5. The van der Waals surface area contributed by atoms with Crippen LogP contribution in [0.4, 0.5) is 0 Å². The SMILES string of the molecule is CCOC(=O)c1nc(Br)c(C)nc1OC. The molecule has 0 saturated carbocycles. The molecule has 1 rings (SSSR count). The first-order valence-corrected chi connectivity index (χ1v) is 5.14. The summed E-state index contributed by atoms with van der Waals surface area (Å²) in [5, 5.41) is 0. The molecule has 1 aromatic rings. The molecule has 1 aromatic heterocycles. The van der Waals surface area contributed by atoms with Crippen molar-refractivity contribution in [2.75, 3.05) is 13.7 Å². The molecule has 0 amide bonds. The summed E-state index contributed by atoms with van der Waals surface area (Å²) >= 11 is 3.19. The number of hydrogen-bond donors (Lipinski definition) is 0. The lowest BCUT2D eigenvalue weighted by Crippen LogP contribution is -2.11. The van der Waals surface area contributed by atoms with Crippen LogP contribution in [0.5, 0.6) is 5.88 Å². The van der Waals surface area contributed by atoms with Gasteiger partial charge in [-0.3, -0.25) is 0 Å². The molecule has 0 saturated heterocycles. The maximum absolute atomic E-state index is 11.5. The van der Waals surface area contributed by atoms with Crippen LogP contribution in [0.25, 0.3) is 0 Å². The van der Waals surface area contributed by atoms with Gasteiger partial charge in [-0.1, -0.05) is 0 Å². The smallest absolute Gasteiger partial charge is 0.362 e. The van der Waals surface area contributed by atoms with E-state index in [1.807, 2.05) is 0 Å². The predicted molar refractivity (Wildman–Crippen MR) is 57.0 cm³/mol. The van der Waals surface area contributed by atoms with E-state index in [0.717, 1.165) is 0 Å². The van der Waals surface area contributed by atoms with E-state index in [4.69, 9.17) is 9.47 Å². The first-order chi connectivity index (χ1) is 7.10. The van der Waals surface area contributed by atoms with Gasteiger partial charge in [0.05, 0.1) is 19.4 Å². The summed E-state index contributed by atoms with van der Waals surface area (Å²) < 4.78 is 10.3. The third kappa shape index (κ3) is 2.65. The third-order valence-corrected chi connectivity index (χ3v) is 2.39. The Balaban J connectivity index is 3.15. The second kappa shape index (κ2) is 5.06. The quantitative estimate of drug-likeness (QED) is 0.786. The fraction of sp³-hybridized carbons (Fsp3) is 0.444. The normalized spacial score (nSPS) is 9.87. The predicted octanol–water partition coefficient (Wildman–Crippen LogP) is 1.73. The van der Waals surface area contributed by atoms with E-state index in [2.05, 4.69) is 25.9 Å². The molecule has 6 heteroatoms.